The first-order valence-corrected chi connectivity index (χ1v) is 12.2. The molecule has 3 saturated carbocycles. The minimum Gasteiger partial charge on any atom is -0.474 e. The maximum atomic E-state index is 13.5. The van der Waals surface area contributed by atoms with Crippen LogP contribution in [0.4, 0.5) is 10.1 Å². The molecule has 1 N–H and O–H groups in total. The Hall–Kier alpha value is -3.27. The molecule has 5 heterocycles. The van der Waals surface area contributed by atoms with Crippen LogP contribution in [0.3, 0.4) is 0 Å². The van der Waals surface area contributed by atoms with E-state index >= 15 is 0 Å². The number of alkyl halides is 1. The molecule has 182 valence electrons. The van der Waals surface area contributed by atoms with Crippen LogP contribution in [0, 0.1) is 0 Å². The second-order valence-corrected chi connectivity index (χ2v) is 10.7. The van der Waals surface area contributed by atoms with Gasteiger partial charge in [-0.15, -0.1) is 0 Å². The number of hydrogen-bond donors (Lipinski definition) is 1. The van der Waals surface area contributed by atoms with Crippen molar-refractivity contribution in [1.29, 1.82) is 0 Å². The van der Waals surface area contributed by atoms with Gasteiger partial charge in [-0.25, -0.2) is 9.37 Å². The van der Waals surface area contributed by atoms with Crippen molar-refractivity contribution >= 4 is 17.4 Å². The number of fused-ring (bicyclic) bond motifs is 2. The quantitative estimate of drug-likeness (QED) is 0.583. The SMILES string of the molecule is CC12CC(c3cn4cc(C(=O)Nc5cccn([C@@H]6C[C@@H]6F)c5=O)c(OC5CCC5)nc4n3)(CO1)C2. The summed E-state index contributed by atoms with van der Waals surface area (Å²) in [7, 11) is 0. The van der Waals surface area contributed by atoms with Crippen LogP contribution < -0.4 is 15.6 Å². The van der Waals surface area contributed by atoms with Gasteiger partial charge in [0, 0.05) is 30.4 Å². The highest BCUT2D eigenvalue weighted by atomic mass is 19.1. The van der Waals surface area contributed by atoms with Gasteiger partial charge in [-0.3, -0.25) is 14.0 Å². The fourth-order valence-electron chi connectivity index (χ4n) is 5.70. The van der Waals surface area contributed by atoms with Crippen molar-refractivity contribution in [3.63, 3.8) is 0 Å². The third-order valence-corrected chi connectivity index (χ3v) is 7.91. The molecule has 0 spiro atoms. The molecule has 3 aromatic heterocycles. The molecule has 3 aliphatic carbocycles. The van der Waals surface area contributed by atoms with Crippen molar-refractivity contribution < 1.29 is 18.7 Å². The zero-order valence-corrected chi connectivity index (χ0v) is 19.4. The van der Waals surface area contributed by atoms with Gasteiger partial charge in [-0.1, -0.05) is 0 Å². The number of carbonyl (C=O) groups is 1. The van der Waals surface area contributed by atoms with Gasteiger partial charge in [0.1, 0.15) is 23.5 Å². The van der Waals surface area contributed by atoms with Gasteiger partial charge in [0.25, 0.3) is 11.5 Å². The number of carbonyl (C=O) groups excluding carboxylic acids is 1. The summed E-state index contributed by atoms with van der Waals surface area (Å²) in [4.78, 5) is 35.5. The Balaban J connectivity index is 1.23. The lowest BCUT2D eigenvalue weighted by Gasteiger charge is -2.41. The van der Waals surface area contributed by atoms with Gasteiger partial charge >= 0.3 is 0 Å². The van der Waals surface area contributed by atoms with E-state index in [9.17, 15) is 14.0 Å². The molecule has 2 saturated heterocycles. The Kier molecular flexibility index (Phi) is 4.29. The van der Waals surface area contributed by atoms with Crippen LogP contribution in [-0.2, 0) is 10.2 Å². The first-order chi connectivity index (χ1) is 16.8. The van der Waals surface area contributed by atoms with Gasteiger partial charge in [0.05, 0.1) is 23.9 Å². The number of anilines is 1. The zero-order chi connectivity index (χ0) is 23.9. The van der Waals surface area contributed by atoms with Crippen molar-refractivity contribution in [1.82, 2.24) is 18.9 Å². The molecule has 5 aliphatic rings. The van der Waals surface area contributed by atoms with Gasteiger partial charge in [0.15, 0.2) is 0 Å². The molecule has 35 heavy (non-hydrogen) atoms. The molecular weight excluding hydrogens is 453 g/mol. The number of hydrogen-bond acceptors (Lipinski definition) is 6. The number of nitrogens with one attached hydrogen (secondary N) is 1. The molecule has 3 aromatic rings. The van der Waals surface area contributed by atoms with Gasteiger partial charge in [-0.05, 0) is 51.2 Å². The van der Waals surface area contributed by atoms with Crippen molar-refractivity contribution in [3.8, 4) is 5.88 Å². The van der Waals surface area contributed by atoms with E-state index in [1.807, 2.05) is 6.20 Å². The summed E-state index contributed by atoms with van der Waals surface area (Å²) in [5.41, 5.74) is 0.609. The maximum absolute atomic E-state index is 13.5. The highest BCUT2D eigenvalue weighted by Crippen LogP contribution is 2.58. The van der Waals surface area contributed by atoms with Crippen LogP contribution in [0.25, 0.3) is 5.78 Å². The molecule has 2 atom stereocenters. The summed E-state index contributed by atoms with van der Waals surface area (Å²) in [5.74, 6) is 0.160. The van der Waals surface area contributed by atoms with Gasteiger partial charge in [0.2, 0.25) is 11.7 Å². The number of amides is 1. The summed E-state index contributed by atoms with van der Waals surface area (Å²) in [6.45, 7) is 2.75. The predicted octanol–water partition coefficient (Wildman–Crippen LogP) is 3.18. The van der Waals surface area contributed by atoms with E-state index in [-0.39, 0.29) is 34.3 Å². The van der Waals surface area contributed by atoms with Crippen LogP contribution in [0.1, 0.15) is 67.5 Å². The maximum Gasteiger partial charge on any atom is 0.274 e. The Labute approximate surface area is 200 Å². The number of pyridine rings is 1. The second-order valence-electron chi connectivity index (χ2n) is 10.7. The normalized spacial score (nSPS) is 31.1. The van der Waals surface area contributed by atoms with E-state index in [0.717, 1.165) is 37.8 Å². The van der Waals surface area contributed by atoms with E-state index < -0.39 is 23.7 Å². The first kappa shape index (κ1) is 21.0. The van der Waals surface area contributed by atoms with Gasteiger partial charge < -0.3 is 19.4 Å². The number of imidazole rings is 1. The van der Waals surface area contributed by atoms with Crippen LogP contribution in [0.2, 0.25) is 0 Å². The third-order valence-electron chi connectivity index (χ3n) is 7.91. The predicted molar refractivity (Wildman–Crippen MR) is 124 cm³/mol. The van der Waals surface area contributed by atoms with Gasteiger partial charge in [-0.2, -0.15) is 4.98 Å². The number of ether oxygens (including phenoxy) is 2. The fourth-order valence-corrected chi connectivity index (χ4v) is 5.70. The van der Waals surface area contributed by atoms with E-state index in [0.29, 0.717) is 18.8 Å². The smallest absolute Gasteiger partial charge is 0.274 e. The minimum absolute atomic E-state index is 0.00501. The summed E-state index contributed by atoms with van der Waals surface area (Å²) < 4.78 is 28.6. The molecule has 2 bridgehead atoms. The van der Waals surface area contributed by atoms with Crippen molar-refractivity contribution in [2.24, 2.45) is 0 Å². The molecule has 1 amide bonds. The molecule has 0 unspecified atom stereocenters. The van der Waals surface area contributed by atoms with Crippen molar-refractivity contribution in [3.05, 3.63) is 52.3 Å². The zero-order valence-electron chi connectivity index (χ0n) is 19.4. The summed E-state index contributed by atoms with van der Waals surface area (Å²) in [5, 5.41) is 2.69. The fraction of sp³-hybridized carbons (Fsp3) is 0.520. The molecular formula is C25H26FN5O4. The lowest BCUT2D eigenvalue weighted by atomic mass is 9.62. The third kappa shape index (κ3) is 3.30. The molecule has 8 rings (SSSR count). The Morgan fingerprint density at radius 2 is 2.09 bits per heavy atom. The molecule has 9 nitrogen and oxygen atoms in total. The standard InChI is InChI=1S/C25H26FN5O4/c1-24-11-25(12-24,13-34-24)19-10-30-9-15(21(29-23(30)28-19)35-14-4-2-5-14)20(32)27-17-6-3-7-31(22(17)33)18-8-16(18)26/h3,6-7,9-10,14,16,18H,2,4-5,8,11-13H2,1H3,(H,27,32)/t16-,18+,24?,25?/m0/s1. The van der Waals surface area contributed by atoms with E-state index in [2.05, 4.69) is 17.2 Å². The highest BCUT2D eigenvalue weighted by Gasteiger charge is 2.61. The molecule has 0 radical (unpaired) electrons. The average molecular weight is 480 g/mol. The van der Waals surface area contributed by atoms with Crippen molar-refractivity contribution in [2.75, 3.05) is 11.9 Å². The van der Waals surface area contributed by atoms with Crippen LogP contribution in [-0.4, -0.2) is 49.3 Å². The molecule has 5 fully saturated rings. The molecule has 10 heteroatoms. The first-order valence-electron chi connectivity index (χ1n) is 12.2. The average Bonchev–Trinajstić information content (AvgIpc) is 3.10. The van der Waals surface area contributed by atoms with Crippen LogP contribution >= 0.6 is 0 Å². The topological polar surface area (TPSA) is 99.8 Å². The molecule has 0 aromatic carbocycles. The lowest BCUT2D eigenvalue weighted by molar-refractivity contribution is 0.0154. The van der Waals surface area contributed by atoms with Crippen LogP contribution in [0.15, 0.2) is 35.5 Å². The minimum atomic E-state index is -1.03. The number of nitrogens with zero attached hydrogens (tertiary/aromatic N) is 4. The number of aromatic nitrogens is 4. The highest BCUT2D eigenvalue weighted by molar-refractivity contribution is 6.05. The van der Waals surface area contributed by atoms with E-state index in [1.54, 1.807) is 22.9 Å². The largest absolute Gasteiger partial charge is 0.474 e. The van der Waals surface area contributed by atoms with Crippen LogP contribution in [0.5, 0.6) is 5.88 Å². The number of halogens is 1. The summed E-state index contributed by atoms with van der Waals surface area (Å²) >= 11 is 0. The monoisotopic (exact) mass is 479 g/mol. The Morgan fingerprint density at radius 1 is 1.29 bits per heavy atom. The second kappa shape index (κ2) is 7.13. The summed E-state index contributed by atoms with van der Waals surface area (Å²) in [6, 6.07) is 2.69. The lowest BCUT2D eigenvalue weighted by Crippen LogP contribution is -2.45. The Bertz CT molecular complexity index is 1420. The molecule has 2 aliphatic heterocycles. The Morgan fingerprint density at radius 3 is 2.74 bits per heavy atom. The summed E-state index contributed by atoms with van der Waals surface area (Å²) in [6.07, 6.45) is 9.13. The number of rotatable bonds is 6. The van der Waals surface area contributed by atoms with E-state index in [1.165, 1.54) is 10.6 Å². The van der Waals surface area contributed by atoms with Crippen molar-refractivity contribution in [2.45, 2.75) is 74.8 Å². The van der Waals surface area contributed by atoms with E-state index in [4.69, 9.17) is 14.5 Å².